The Morgan fingerprint density at radius 2 is 1.91 bits per heavy atom. The van der Waals surface area contributed by atoms with E-state index in [1.165, 1.54) is 0 Å². The van der Waals surface area contributed by atoms with E-state index in [0.717, 1.165) is 18.2 Å². The van der Waals surface area contributed by atoms with Gasteiger partial charge in [-0.3, -0.25) is 24.5 Å². The first-order chi connectivity index (χ1) is 10.8. The molecule has 1 fully saturated rings. The molecule has 0 atom stereocenters. The monoisotopic (exact) mass is 321 g/mol. The Hall–Kier alpha value is -2.44. The summed E-state index contributed by atoms with van der Waals surface area (Å²) < 4.78 is 13.9. The third-order valence-electron chi connectivity index (χ3n) is 3.99. The Bertz CT molecular complexity index is 667. The van der Waals surface area contributed by atoms with Gasteiger partial charge < -0.3 is 0 Å². The van der Waals surface area contributed by atoms with Crippen molar-refractivity contribution in [2.24, 2.45) is 5.92 Å². The molecule has 0 amide bonds. The van der Waals surface area contributed by atoms with E-state index in [-0.39, 0.29) is 30.5 Å². The number of benzene rings is 1. The lowest BCUT2D eigenvalue weighted by atomic mass is 9.74. The fourth-order valence-electron chi connectivity index (χ4n) is 2.90. The second kappa shape index (κ2) is 6.76. The topological polar surface area (TPSA) is 94.3 Å². The Labute approximate surface area is 131 Å². The number of hydrogen-bond acceptors (Lipinski definition) is 5. The summed E-state index contributed by atoms with van der Waals surface area (Å²) in [5, 5.41) is 10.8. The molecule has 0 unspecified atom stereocenters. The largest absolute Gasteiger partial charge is 0.298 e. The number of nitro groups is 1. The van der Waals surface area contributed by atoms with Crippen molar-refractivity contribution in [2.45, 2.75) is 38.5 Å². The molecule has 1 saturated carbocycles. The van der Waals surface area contributed by atoms with E-state index in [2.05, 4.69) is 0 Å². The minimum atomic E-state index is -1.26. The van der Waals surface area contributed by atoms with Crippen molar-refractivity contribution in [3.63, 3.8) is 0 Å². The van der Waals surface area contributed by atoms with E-state index in [9.17, 15) is 28.9 Å². The third-order valence-corrected chi connectivity index (χ3v) is 3.99. The second-order valence-electron chi connectivity index (χ2n) is 5.65. The zero-order chi connectivity index (χ0) is 17.1. The van der Waals surface area contributed by atoms with Crippen molar-refractivity contribution in [2.75, 3.05) is 0 Å². The van der Waals surface area contributed by atoms with Crippen LogP contribution in [-0.4, -0.2) is 22.3 Å². The fourth-order valence-corrected chi connectivity index (χ4v) is 2.90. The molecule has 2 rings (SSSR count). The second-order valence-corrected chi connectivity index (χ2v) is 5.65. The molecule has 0 aliphatic heterocycles. The molecule has 1 aliphatic carbocycles. The molecule has 1 aromatic rings. The van der Waals surface area contributed by atoms with Crippen LogP contribution in [0.5, 0.6) is 0 Å². The first kappa shape index (κ1) is 16.9. The number of nitrogens with zero attached hydrogens (tertiary/aromatic N) is 1. The van der Waals surface area contributed by atoms with Gasteiger partial charge in [0, 0.05) is 37.3 Å². The molecule has 122 valence electrons. The molecular weight excluding hydrogens is 305 g/mol. The van der Waals surface area contributed by atoms with Crippen LogP contribution in [0.25, 0.3) is 0 Å². The van der Waals surface area contributed by atoms with Crippen LogP contribution in [0.2, 0.25) is 0 Å². The lowest BCUT2D eigenvalue weighted by molar-refractivity contribution is -0.385. The summed E-state index contributed by atoms with van der Waals surface area (Å²) in [6, 6.07) is 3.03. The molecule has 0 radical (unpaired) electrons. The smallest absolute Gasteiger partial charge is 0.269 e. The van der Waals surface area contributed by atoms with Gasteiger partial charge in [-0.05, 0) is 18.1 Å². The van der Waals surface area contributed by atoms with E-state index in [4.69, 9.17) is 0 Å². The van der Waals surface area contributed by atoms with Crippen molar-refractivity contribution in [1.82, 2.24) is 0 Å². The van der Waals surface area contributed by atoms with Crippen molar-refractivity contribution in [1.29, 1.82) is 0 Å². The van der Waals surface area contributed by atoms with Crippen LogP contribution in [0, 0.1) is 21.8 Å². The van der Waals surface area contributed by atoms with Crippen LogP contribution in [0.4, 0.5) is 10.1 Å². The maximum atomic E-state index is 13.9. The Balaban J connectivity index is 2.27. The van der Waals surface area contributed by atoms with E-state index >= 15 is 0 Å². The van der Waals surface area contributed by atoms with Gasteiger partial charge in [0.2, 0.25) is 0 Å². The van der Waals surface area contributed by atoms with Gasteiger partial charge in [0.25, 0.3) is 5.69 Å². The number of carbonyl (C=O) groups is 3. The molecule has 1 aromatic carbocycles. The Morgan fingerprint density at radius 3 is 2.43 bits per heavy atom. The lowest BCUT2D eigenvalue weighted by Gasteiger charge is -2.26. The molecule has 0 saturated heterocycles. The SMILES string of the molecule is CCCC(=O)C1C(=O)CC(c2cc([N+](=O)[O-])ccc2F)CC1=O. The summed E-state index contributed by atoms with van der Waals surface area (Å²) in [7, 11) is 0. The number of non-ortho nitro benzene ring substituents is 1. The maximum Gasteiger partial charge on any atom is 0.269 e. The predicted octanol–water partition coefficient (Wildman–Crippen LogP) is 2.73. The van der Waals surface area contributed by atoms with Crippen LogP contribution >= 0.6 is 0 Å². The van der Waals surface area contributed by atoms with Gasteiger partial charge in [0.15, 0.2) is 17.3 Å². The van der Waals surface area contributed by atoms with Gasteiger partial charge in [-0.15, -0.1) is 0 Å². The van der Waals surface area contributed by atoms with E-state index in [1.807, 2.05) is 0 Å². The van der Waals surface area contributed by atoms with Gasteiger partial charge in [0.05, 0.1) is 4.92 Å². The summed E-state index contributed by atoms with van der Waals surface area (Å²) in [4.78, 5) is 46.3. The van der Waals surface area contributed by atoms with Crippen LogP contribution in [0.1, 0.15) is 44.1 Å². The van der Waals surface area contributed by atoms with Gasteiger partial charge in [0.1, 0.15) is 11.7 Å². The van der Waals surface area contributed by atoms with Gasteiger partial charge in [-0.25, -0.2) is 4.39 Å². The van der Waals surface area contributed by atoms with E-state index < -0.39 is 39.9 Å². The van der Waals surface area contributed by atoms with Crippen LogP contribution in [0.3, 0.4) is 0 Å². The highest BCUT2D eigenvalue weighted by Crippen LogP contribution is 2.35. The van der Waals surface area contributed by atoms with Crippen LogP contribution in [-0.2, 0) is 14.4 Å². The zero-order valence-electron chi connectivity index (χ0n) is 12.6. The Morgan fingerprint density at radius 1 is 1.30 bits per heavy atom. The number of rotatable bonds is 5. The number of nitro benzene ring substituents is 1. The number of hydrogen-bond donors (Lipinski definition) is 0. The molecule has 0 spiro atoms. The summed E-state index contributed by atoms with van der Waals surface area (Å²) in [5.41, 5.74) is -0.326. The molecule has 0 bridgehead atoms. The number of ketones is 3. The summed E-state index contributed by atoms with van der Waals surface area (Å²) >= 11 is 0. The minimum Gasteiger partial charge on any atom is -0.298 e. The van der Waals surface area contributed by atoms with Crippen LogP contribution in [0.15, 0.2) is 18.2 Å². The normalized spacial score (nSPS) is 21.3. The molecule has 6 nitrogen and oxygen atoms in total. The Kier molecular flexibility index (Phi) is 4.98. The summed E-state index contributed by atoms with van der Waals surface area (Å²) in [6.07, 6.45) is 0.366. The first-order valence-electron chi connectivity index (χ1n) is 7.37. The minimum absolute atomic E-state index is 0.0257. The highest BCUT2D eigenvalue weighted by molar-refractivity contribution is 6.20. The van der Waals surface area contributed by atoms with E-state index in [0.29, 0.717) is 6.42 Å². The molecule has 0 N–H and O–H groups in total. The lowest BCUT2D eigenvalue weighted by Crippen LogP contribution is -2.38. The summed E-state index contributed by atoms with van der Waals surface area (Å²) in [6.45, 7) is 1.77. The van der Waals surface area contributed by atoms with Gasteiger partial charge >= 0.3 is 0 Å². The average Bonchev–Trinajstić information content (AvgIpc) is 2.46. The van der Waals surface area contributed by atoms with E-state index in [1.54, 1.807) is 6.92 Å². The maximum absolute atomic E-state index is 13.9. The van der Waals surface area contributed by atoms with Crippen molar-refractivity contribution < 1.29 is 23.7 Å². The van der Waals surface area contributed by atoms with Crippen molar-refractivity contribution >= 4 is 23.0 Å². The first-order valence-corrected chi connectivity index (χ1v) is 7.37. The summed E-state index contributed by atoms with van der Waals surface area (Å²) in [5.74, 6) is -4.18. The molecule has 0 aromatic heterocycles. The average molecular weight is 321 g/mol. The van der Waals surface area contributed by atoms with Crippen molar-refractivity contribution in [3.05, 3.63) is 39.7 Å². The van der Waals surface area contributed by atoms with Crippen LogP contribution < -0.4 is 0 Å². The molecule has 0 heterocycles. The quantitative estimate of drug-likeness (QED) is 0.472. The third kappa shape index (κ3) is 3.49. The highest BCUT2D eigenvalue weighted by Gasteiger charge is 2.40. The van der Waals surface area contributed by atoms with Gasteiger partial charge in [-0.1, -0.05) is 6.92 Å². The fraction of sp³-hybridized carbons (Fsp3) is 0.438. The standard InChI is InChI=1S/C16H16FNO5/c1-2-3-13(19)16-14(20)6-9(7-15(16)21)11-8-10(18(22)23)4-5-12(11)17/h4-5,8-9,16H,2-3,6-7H2,1H3. The number of halogens is 1. The molecule has 23 heavy (non-hydrogen) atoms. The zero-order valence-corrected chi connectivity index (χ0v) is 12.6. The van der Waals surface area contributed by atoms with Gasteiger partial charge in [-0.2, -0.15) is 0 Å². The highest BCUT2D eigenvalue weighted by atomic mass is 19.1. The molecule has 7 heteroatoms. The predicted molar refractivity (Wildman–Crippen MR) is 78.4 cm³/mol. The number of carbonyl (C=O) groups excluding carboxylic acids is 3. The number of Topliss-reactive ketones (excluding diaryl/α,β-unsaturated/α-hetero) is 3. The van der Waals surface area contributed by atoms with Crippen molar-refractivity contribution in [3.8, 4) is 0 Å². The molecular formula is C16H16FNO5. The molecule has 1 aliphatic rings.